The Kier molecular flexibility index (Phi) is 5.38. The number of sulfonamides is 1. The van der Waals surface area contributed by atoms with Crippen LogP contribution in [0.4, 0.5) is 10.8 Å². The fourth-order valence-corrected chi connectivity index (χ4v) is 5.51. The number of anilines is 2. The van der Waals surface area contributed by atoms with E-state index in [2.05, 4.69) is 21.9 Å². The Morgan fingerprint density at radius 1 is 1.10 bits per heavy atom. The Hall–Kier alpha value is -2.71. The van der Waals surface area contributed by atoms with E-state index >= 15 is 0 Å². The summed E-state index contributed by atoms with van der Waals surface area (Å²) in [5.41, 5.74) is 1.92. The molecule has 6 nitrogen and oxygen atoms in total. The smallest absolute Gasteiger partial charge is 0.261 e. The van der Waals surface area contributed by atoms with Crippen LogP contribution in [-0.4, -0.2) is 19.3 Å². The van der Waals surface area contributed by atoms with Crippen molar-refractivity contribution in [2.24, 2.45) is 5.92 Å². The number of amides is 1. The highest BCUT2D eigenvalue weighted by molar-refractivity contribution is 7.92. The van der Waals surface area contributed by atoms with Crippen molar-refractivity contribution in [3.05, 3.63) is 70.7 Å². The molecule has 1 atom stereocenters. The first kappa shape index (κ1) is 19.6. The van der Waals surface area contributed by atoms with E-state index in [0.29, 0.717) is 22.3 Å². The number of thiazole rings is 1. The van der Waals surface area contributed by atoms with Gasteiger partial charge in [0.15, 0.2) is 5.13 Å². The van der Waals surface area contributed by atoms with Gasteiger partial charge in [0.25, 0.3) is 15.9 Å². The molecule has 1 unspecified atom stereocenters. The first-order valence-corrected chi connectivity index (χ1v) is 11.7. The molecule has 0 saturated carbocycles. The Morgan fingerprint density at radius 2 is 1.83 bits per heavy atom. The standard InChI is InChI=1S/C21H21N3O3S2/c1-14-7-12-18-19(13-14)28-21(22-18)23-20(25)15-8-10-16(11-9-15)24-29(26,27)17-5-3-2-4-6-17/h2-6,8-11,14,24H,7,12-13H2,1H3,(H,22,23,25). The molecule has 4 rings (SSSR count). The summed E-state index contributed by atoms with van der Waals surface area (Å²) in [6.07, 6.45) is 3.10. The minimum absolute atomic E-state index is 0.184. The number of hydrogen-bond acceptors (Lipinski definition) is 5. The van der Waals surface area contributed by atoms with Crippen LogP contribution in [-0.2, 0) is 22.9 Å². The monoisotopic (exact) mass is 427 g/mol. The maximum Gasteiger partial charge on any atom is 0.261 e. The molecule has 29 heavy (non-hydrogen) atoms. The molecule has 0 fully saturated rings. The van der Waals surface area contributed by atoms with Gasteiger partial charge < -0.3 is 0 Å². The first-order chi connectivity index (χ1) is 13.9. The van der Waals surface area contributed by atoms with Crippen LogP contribution in [0.5, 0.6) is 0 Å². The Balaban J connectivity index is 1.43. The van der Waals surface area contributed by atoms with E-state index in [9.17, 15) is 13.2 Å². The van der Waals surface area contributed by atoms with Crippen LogP contribution in [0, 0.1) is 5.92 Å². The molecule has 1 aromatic heterocycles. The number of fused-ring (bicyclic) bond motifs is 1. The molecule has 1 amide bonds. The average molecular weight is 428 g/mol. The van der Waals surface area contributed by atoms with Gasteiger partial charge in [-0.1, -0.05) is 25.1 Å². The summed E-state index contributed by atoms with van der Waals surface area (Å²) in [7, 11) is -3.66. The number of nitrogens with zero attached hydrogens (tertiary/aromatic N) is 1. The second-order valence-corrected chi connectivity index (χ2v) is 9.95. The van der Waals surface area contributed by atoms with Gasteiger partial charge in [-0.05, 0) is 61.6 Å². The van der Waals surface area contributed by atoms with Crippen molar-refractivity contribution < 1.29 is 13.2 Å². The molecule has 0 bridgehead atoms. The number of aromatic nitrogens is 1. The topological polar surface area (TPSA) is 88.2 Å². The van der Waals surface area contributed by atoms with Gasteiger partial charge in [0.2, 0.25) is 0 Å². The lowest BCUT2D eigenvalue weighted by Gasteiger charge is -2.15. The molecule has 3 aromatic rings. The highest BCUT2D eigenvalue weighted by Crippen LogP contribution is 2.32. The largest absolute Gasteiger partial charge is 0.298 e. The van der Waals surface area contributed by atoms with Gasteiger partial charge in [0, 0.05) is 16.1 Å². The zero-order valence-electron chi connectivity index (χ0n) is 15.9. The lowest BCUT2D eigenvalue weighted by atomic mass is 9.93. The lowest BCUT2D eigenvalue weighted by molar-refractivity contribution is 0.102. The molecule has 2 N–H and O–H groups in total. The van der Waals surface area contributed by atoms with Gasteiger partial charge >= 0.3 is 0 Å². The first-order valence-electron chi connectivity index (χ1n) is 9.38. The number of nitrogens with one attached hydrogen (secondary N) is 2. The molecule has 0 spiro atoms. The molecule has 1 heterocycles. The van der Waals surface area contributed by atoms with E-state index in [1.807, 2.05) is 0 Å². The third-order valence-corrected chi connectivity index (χ3v) is 7.29. The summed E-state index contributed by atoms with van der Waals surface area (Å²) >= 11 is 1.54. The average Bonchev–Trinajstić information content (AvgIpc) is 3.10. The minimum Gasteiger partial charge on any atom is -0.298 e. The van der Waals surface area contributed by atoms with Crippen molar-refractivity contribution in [2.75, 3.05) is 10.0 Å². The molecule has 0 saturated heterocycles. The van der Waals surface area contributed by atoms with E-state index < -0.39 is 10.0 Å². The Bertz CT molecular complexity index is 1120. The van der Waals surface area contributed by atoms with E-state index in [-0.39, 0.29) is 10.8 Å². The fraction of sp³-hybridized carbons (Fsp3) is 0.238. The Morgan fingerprint density at radius 3 is 2.55 bits per heavy atom. The van der Waals surface area contributed by atoms with Gasteiger partial charge in [-0.25, -0.2) is 13.4 Å². The quantitative estimate of drug-likeness (QED) is 0.635. The number of benzene rings is 2. The maximum atomic E-state index is 12.5. The highest BCUT2D eigenvalue weighted by Gasteiger charge is 2.21. The van der Waals surface area contributed by atoms with Crippen molar-refractivity contribution in [1.82, 2.24) is 4.98 Å². The summed E-state index contributed by atoms with van der Waals surface area (Å²) < 4.78 is 27.3. The zero-order chi connectivity index (χ0) is 20.4. The van der Waals surface area contributed by atoms with Gasteiger partial charge in [0.05, 0.1) is 10.6 Å². The van der Waals surface area contributed by atoms with E-state index in [1.54, 1.807) is 42.5 Å². The summed E-state index contributed by atoms with van der Waals surface area (Å²) in [5, 5.41) is 3.47. The maximum absolute atomic E-state index is 12.5. The van der Waals surface area contributed by atoms with E-state index in [1.165, 1.54) is 28.3 Å². The number of hydrogen-bond donors (Lipinski definition) is 2. The van der Waals surface area contributed by atoms with Crippen LogP contribution in [0.15, 0.2) is 59.5 Å². The summed E-state index contributed by atoms with van der Waals surface area (Å²) in [6.45, 7) is 2.23. The summed E-state index contributed by atoms with van der Waals surface area (Å²) in [4.78, 5) is 18.5. The van der Waals surface area contributed by atoms with E-state index in [0.717, 1.165) is 25.0 Å². The molecular formula is C21H21N3O3S2. The zero-order valence-corrected chi connectivity index (χ0v) is 17.5. The van der Waals surface area contributed by atoms with Crippen molar-refractivity contribution in [1.29, 1.82) is 0 Å². The third-order valence-electron chi connectivity index (χ3n) is 4.86. The molecule has 0 radical (unpaired) electrons. The predicted octanol–water partition coefficient (Wildman–Crippen LogP) is 4.32. The molecule has 1 aliphatic rings. The Labute approximate surface area is 174 Å². The number of rotatable bonds is 5. The molecule has 0 aliphatic heterocycles. The van der Waals surface area contributed by atoms with Crippen LogP contribution in [0.1, 0.15) is 34.3 Å². The number of aryl methyl sites for hydroxylation is 1. The fourth-order valence-electron chi connectivity index (χ4n) is 3.27. The molecule has 8 heteroatoms. The number of carbonyl (C=O) groups excluding carboxylic acids is 1. The van der Waals surface area contributed by atoms with E-state index in [4.69, 9.17) is 0 Å². The van der Waals surface area contributed by atoms with Gasteiger partial charge in [-0.15, -0.1) is 11.3 Å². The summed E-state index contributed by atoms with van der Waals surface area (Å²) in [5.74, 6) is 0.389. The minimum atomic E-state index is -3.66. The molecule has 150 valence electrons. The van der Waals surface area contributed by atoms with Crippen molar-refractivity contribution in [3.63, 3.8) is 0 Å². The van der Waals surface area contributed by atoms with Crippen molar-refractivity contribution in [3.8, 4) is 0 Å². The van der Waals surface area contributed by atoms with Crippen LogP contribution >= 0.6 is 11.3 Å². The molecule has 1 aliphatic carbocycles. The SMILES string of the molecule is CC1CCc2nc(NC(=O)c3ccc(NS(=O)(=O)c4ccccc4)cc3)sc2C1. The van der Waals surface area contributed by atoms with Gasteiger partial charge in [-0.2, -0.15) is 0 Å². The van der Waals surface area contributed by atoms with Crippen molar-refractivity contribution >= 4 is 38.1 Å². The number of carbonyl (C=O) groups is 1. The van der Waals surface area contributed by atoms with Gasteiger partial charge in [-0.3, -0.25) is 14.8 Å². The van der Waals surface area contributed by atoms with Crippen LogP contribution in [0.3, 0.4) is 0 Å². The van der Waals surface area contributed by atoms with Crippen molar-refractivity contribution in [2.45, 2.75) is 31.1 Å². The normalized spacial score (nSPS) is 16.1. The second kappa shape index (κ2) is 7.96. The van der Waals surface area contributed by atoms with Gasteiger partial charge in [0.1, 0.15) is 0 Å². The van der Waals surface area contributed by atoms with Crippen LogP contribution in [0.2, 0.25) is 0 Å². The molecule has 2 aromatic carbocycles. The highest BCUT2D eigenvalue weighted by atomic mass is 32.2. The third kappa shape index (κ3) is 4.49. The molecular weight excluding hydrogens is 406 g/mol. The lowest BCUT2D eigenvalue weighted by Crippen LogP contribution is -2.14. The second-order valence-electron chi connectivity index (χ2n) is 7.19. The van der Waals surface area contributed by atoms with Crippen LogP contribution < -0.4 is 10.0 Å². The predicted molar refractivity (Wildman–Crippen MR) is 115 cm³/mol. The van der Waals surface area contributed by atoms with Crippen LogP contribution in [0.25, 0.3) is 0 Å². The summed E-state index contributed by atoms with van der Waals surface area (Å²) in [6, 6.07) is 14.5.